The highest BCUT2D eigenvalue weighted by Gasteiger charge is 2.35. The summed E-state index contributed by atoms with van der Waals surface area (Å²) in [6.45, 7) is 2.95. The first kappa shape index (κ1) is 12.9. The SMILES string of the molecule is CC1(C(N)c2cccc(OC3CC3)c2)CCCCO1. The van der Waals surface area contributed by atoms with Crippen molar-refractivity contribution >= 4 is 0 Å². The van der Waals surface area contributed by atoms with Crippen molar-refractivity contribution in [1.29, 1.82) is 0 Å². The summed E-state index contributed by atoms with van der Waals surface area (Å²) in [5, 5.41) is 0. The van der Waals surface area contributed by atoms with Crippen LogP contribution in [0, 0.1) is 0 Å². The van der Waals surface area contributed by atoms with Crippen LogP contribution in [0.1, 0.15) is 50.6 Å². The Bertz CT molecular complexity index is 436. The summed E-state index contributed by atoms with van der Waals surface area (Å²) in [5.41, 5.74) is 7.31. The van der Waals surface area contributed by atoms with Gasteiger partial charge in [0.15, 0.2) is 0 Å². The van der Waals surface area contributed by atoms with E-state index < -0.39 is 0 Å². The summed E-state index contributed by atoms with van der Waals surface area (Å²) in [6, 6.07) is 8.10. The highest BCUT2D eigenvalue weighted by atomic mass is 16.5. The fourth-order valence-corrected chi connectivity index (χ4v) is 2.71. The van der Waals surface area contributed by atoms with Gasteiger partial charge in [-0.1, -0.05) is 12.1 Å². The standard InChI is InChI=1S/C16H23NO2/c1-16(9-2-3-10-18-16)15(17)12-5-4-6-14(11-12)19-13-7-8-13/h4-6,11,13,15H,2-3,7-10,17H2,1H3. The lowest BCUT2D eigenvalue weighted by molar-refractivity contribution is -0.0820. The molecular formula is C16H23NO2. The molecule has 1 aromatic rings. The van der Waals surface area contributed by atoms with Crippen LogP contribution in [0.3, 0.4) is 0 Å². The van der Waals surface area contributed by atoms with Gasteiger partial charge in [0, 0.05) is 6.61 Å². The molecule has 2 fully saturated rings. The van der Waals surface area contributed by atoms with E-state index in [0.29, 0.717) is 6.10 Å². The molecule has 1 aliphatic carbocycles. The van der Waals surface area contributed by atoms with Gasteiger partial charge in [0.05, 0.1) is 17.7 Å². The Hall–Kier alpha value is -1.06. The Morgan fingerprint density at radius 3 is 2.89 bits per heavy atom. The Balaban J connectivity index is 1.75. The van der Waals surface area contributed by atoms with Gasteiger partial charge in [-0.15, -0.1) is 0 Å². The van der Waals surface area contributed by atoms with E-state index >= 15 is 0 Å². The van der Waals surface area contributed by atoms with Crippen LogP contribution in [0.15, 0.2) is 24.3 Å². The third-order valence-electron chi connectivity index (χ3n) is 4.20. The largest absolute Gasteiger partial charge is 0.490 e. The van der Waals surface area contributed by atoms with Crippen LogP contribution in [0.2, 0.25) is 0 Å². The normalized spacial score (nSPS) is 28.9. The molecule has 0 spiro atoms. The molecule has 2 N–H and O–H groups in total. The maximum Gasteiger partial charge on any atom is 0.120 e. The molecule has 19 heavy (non-hydrogen) atoms. The highest BCUT2D eigenvalue weighted by Crippen LogP contribution is 2.36. The molecule has 2 aliphatic rings. The molecule has 0 amide bonds. The van der Waals surface area contributed by atoms with Crippen LogP contribution < -0.4 is 10.5 Å². The maximum absolute atomic E-state index is 6.44. The van der Waals surface area contributed by atoms with Crippen molar-refractivity contribution in [2.24, 2.45) is 5.73 Å². The van der Waals surface area contributed by atoms with Crippen molar-refractivity contribution in [3.8, 4) is 5.75 Å². The van der Waals surface area contributed by atoms with Gasteiger partial charge in [0.2, 0.25) is 0 Å². The minimum atomic E-state index is -0.240. The minimum absolute atomic E-state index is 0.0875. The molecule has 3 rings (SSSR count). The van der Waals surface area contributed by atoms with Crippen molar-refractivity contribution in [2.45, 2.75) is 56.8 Å². The molecule has 0 aromatic heterocycles. The van der Waals surface area contributed by atoms with E-state index in [2.05, 4.69) is 19.1 Å². The van der Waals surface area contributed by atoms with Gasteiger partial charge >= 0.3 is 0 Å². The van der Waals surface area contributed by atoms with E-state index in [1.807, 2.05) is 12.1 Å². The van der Waals surface area contributed by atoms with Crippen LogP contribution in [-0.2, 0) is 4.74 Å². The number of rotatable bonds is 4. The van der Waals surface area contributed by atoms with Crippen molar-refractivity contribution in [2.75, 3.05) is 6.61 Å². The van der Waals surface area contributed by atoms with Gasteiger partial charge in [0.25, 0.3) is 0 Å². The number of hydrogen-bond acceptors (Lipinski definition) is 3. The molecule has 1 aromatic carbocycles. The van der Waals surface area contributed by atoms with Crippen molar-refractivity contribution in [3.63, 3.8) is 0 Å². The molecule has 1 saturated carbocycles. The molecule has 1 saturated heterocycles. The van der Waals surface area contributed by atoms with Crippen LogP contribution in [0.5, 0.6) is 5.75 Å². The topological polar surface area (TPSA) is 44.5 Å². The second-order valence-corrected chi connectivity index (χ2v) is 5.99. The lowest BCUT2D eigenvalue weighted by atomic mass is 9.85. The van der Waals surface area contributed by atoms with E-state index in [4.69, 9.17) is 15.2 Å². The average molecular weight is 261 g/mol. The zero-order chi connectivity index (χ0) is 13.3. The predicted octanol–water partition coefficient (Wildman–Crippen LogP) is 3.19. The van der Waals surface area contributed by atoms with Crippen LogP contribution in [0.25, 0.3) is 0 Å². The second kappa shape index (κ2) is 5.14. The molecule has 0 bridgehead atoms. The summed E-state index contributed by atoms with van der Waals surface area (Å²) in [5.74, 6) is 0.940. The van der Waals surface area contributed by atoms with E-state index in [-0.39, 0.29) is 11.6 Å². The zero-order valence-corrected chi connectivity index (χ0v) is 11.6. The minimum Gasteiger partial charge on any atom is -0.490 e. The van der Waals surface area contributed by atoms with Gasteiger partial charge in [-0.25, -0.2) is 0 Å². The van der Waals surface area contributed by atoms with Crippen LogP contribution >= 0.6 is 0 Å². The number of benzene rings is 1. The summed E-state index contributed by atoms with van der Waals surface area (Å²) < 4.78 is 11.8. The van der Waals surface area contributed by atoms with E-state index in [1.165, 1.54) is 19.3 Å². The Kier molecular flexibility index (Phi) is 3.50. The first-order chi connectivity index (χ1) is 9.17. The van der Waals surface area contributed by atoms with Crippen LogP contribution in [-0.4, -0.2) is 18.3 Å². The molecule has 104 valence electrons. The third kappa shape index (κ3) is 2.93. The zero-order valence-electron chi connectivity index (χ0n) is 11.6. The summed E-state index contributed by atoms with van der Waals surface area (Å²) >= 11 is 0. The first-order valence-corrected chi connectivity index (χ1v) is 7.33. The van der Waals surface area contributed by atoms with Crippen LogP contribution in [0.4, 0.5) is 0 Å². The number of hydrogen-bond donors (Lipinski definition) is 1. The molecule has 3 nitrogen and oxygen atoms in total. The second-order valence-electron chi connectivity index (χ2n) is 5.99. The smallest absolute Gasteiger partial charge is 0.120 e. The maximum atomic E-state index is 6.44. The molecule has 3 heteroatoms. The van der Waals surface area contributed by atoms with Gasteiger partial charge in [-0.2, -0.15) is 0 Å². The molecule has 0 radical (unpaired) electrons. The quantitative estimate of drug-likeness (QED) is 0.905. The summed E-state index contributed by atoms with van der Waals surface area (Å²) in [4.78, 5) is 0. The summed E-state index contributed by atoms with van der Waals surface area (Å²) in [6.07, 6.45) is 6.15. The number of ether oxygens (including phenoxy) is 2. The first-order valence-electron chi connectivity index (χ1n) is 7.33. The van der Waals surface area contributed by atoms with E-state index in [9.17, 15) is 0 Å². The fourth-order valence-electron chi connectivity index (χ4n) is 2.71. The molecular weight excluding hydrogens is 238 g/mol. The third-order valence-corrected chi connectivity index (χ3v) is 4.20. The van der Waals surface area contributed by atoms with Gasteiger partial charge in [-0.3, -0.25) is 0 Å². The average Bonchev–Trinajstić information content (AvgIpc) is 3.23. The lowest BCUT2D eigenvalue weighted by Gasteiger charge is -2.39. The molecule has 1 heterocycles. The Labute approximate surface area is 115 Å². The molecule has 2 atom stereocenters. The Morgan fingerprint density at radius 1 is 1.37 bits per heavy atom. The monoisotopic (exact) mass is 261 g/mol. The van der Waals surface area contributed by atoms with Crippen molar-refractivity contribution < 1.29 is 9.47 Å². The predicted molar refractivity (Wildman–Crippen MR) is 75.2 cm³/mol. The van der Waals surface area contributed by atoms with Gasteiger partial charge in [-0.05, 0) is 56.7 Å². The van der Waals surface area contributed by atoms with Gasteiger partial charge in [0.1, 0.15) is 5.75 Å². The molecule has 2 unspecified atom stereocenters. The number of nitrogens with two attached hydrogens (primary N) is 1. The van der Waals surface area contributed by atoms with Crippen molar-refractivity contribution in [1.82, 2.24) is 0 Å². The van der Waals surface area contributed by atoms with E-state index in [0.717, 1.165) is 30.8 Å². The van der Waals surface area contributed by atoms with Crippen molar-refractivity contribution in [3.05, 3.63) is 29.8 Å². The lowest BCUT2D eigenvalue weighted by Crippen LogP contribution is -2.43. The molecule has 1 aliphatic heterocycles. The van der Waals surface area contributed by atoms with E-state index in [1.54, 1.807) is 0 Å². The fraction of sp³-hybridized carbons (Fsp3) is 0.625. The van der Waals surface area contributed by atoms with Gasteiger partial charge < -0.3 is 15.2 Å². The highest BCUT2D eigenvalue weighted by molar-refractivity contribution is 5.32. The summed E-state index contributed by atoms with van der Waals surface area (Å²) in [7, 11) is 0. The Morgan fingerprint density at radius 2 is 2.21 bits per heavy atom.